The van der Waals surface area contributed by atoms with Crippen molar-refractivity contribution in [2.45, 2.75) is 32.3 Å². The summed E-state index contributed by atoms with van der Waals surface area (Å²) in [4.78, 5) is 0. The normalized spacial score (nSPS) is 17.2. The lowest BCUT2D eigenvalue weighted by Crippen LogP contribution is -2.44. The molecule has 1 fully saturated rings. The highest BCUT2D eigenvalue weighted by Crippen LogP contribution is 2.24. The van der Waals surface area contributed by atoms with Crippen LogP contribution in [0.3, 0.4) is 0 Å². The molecule has 1 N–H and O–H groups in total. The Morgan fingerprint density at radius 1 is 1.26 bits per heavy atom. The minimum Gasteiger partial charge on any atom is -0.381 e. The molecule has 0 atom stereocenters. The highest BCUT2D eigenvalue weighted by Gasteiger charge is 2.32. The van der Waals surface area contributed by atoms with Gasteiger partial charge in [0.15, 0.2) is 5.82 Å². The van der Waals surface area contributed by atoms with Gasteiger partial charge in [-0.05, 0) is 32.0 Å². The van der Waals surface area contributed by atoms with Crippen LogP contribution in [-0.2, 0) is 9.47 Å². The molecule has 2 aromatic heterocycles. The van der Waals surface area contributed by atoms with Gasteiger partial charge in [-0.15, -0.1) is 10.2 Å². The second-order valence-corrected chi connectivity index (χ2v) is 5.97. The standard InChI is InChI=1S/C16H23N5O2/c1-12-10-13(2)21(20-12)15-5-4-14(18-19-15)17-11-16(22-3)6-8-23-9-7-16/h4-5,10H,6-9,11H2,1-3H3,(H,17,18). The highest BCUT2D eigenvalue weighted by atomic mass is 16.5. The van der Waals surface area contributed by atoms with Crippen molar-refractivity contribution in [1.82, 2.24) is 20.0 Å². The van der Waals surface area contributed by atoms with Crippen molar-refractivity contribution in [2.24, 2.45) is 0 Å². The summed E-state index contributed by atoms with van der Waals surface area (Å²) in [6, 6.07) is 5.85. The average molecular weight is 317 g/mol. The van der Waals surface area contributed by atoms with Crippen LogP contribution in [0.1, 0.15) is 24.2 Å². The van der Waals surface area contributed by atoms with E-state index in [0.29, 0.717) is 12.4 Å². The van der Waals surface area contributed by atoms with E-state index in [4.69, 9.17) is 9.47 Å². The van der Waals surface area contributed by atoms with E-state index in [1.54, 1.807) is 11.8 Å². The van der Waals surface area contributed by atoms with Crippen molar-refractivity contribution in [3.63, 3.8) is 0 Å². The van der Waals surface area contributed by atoms with E-state index >= 15 is 0 Å². The molecule has 0 aliphatic carbocycles. The molecule has 0 radical (unpaired) electrons. The fraction of sp³-hybridized carbons (Fsp3) is 0.562. The third kappa shape index (κ3) is 3.51. The predicted molar refractivity (Wildman–Crippen MR) is 86.9 cm³/mol. The molecule has 0 spiro atoms. The monoisotopic (exact) mass is 317 g/mol. The van der Waals surface area contributed by atoms with Gasteiger partial charge < -0.3 is 14.8 Å². The molecule has 7 nitrogen and oxygen atoms in total. The molecule has 0 amide bonds. The number of rotatable bonds is 5. The largest absolute Gasteiger partial charge is 0.381 e. The van der Waals surface area contributed by atoms with Crippen LogP contribution < -0.4 is 5.32 Å². The molecule has 23 heavy (non-hydrogen) atoms. The Bertz CT molecular complexity index is 647. The molecule has 0 bridgehead atoms. The summed E-state index contributed by atoms with van der Waals surface area (Å²) in [6.07, 6.45) is 1.77. The summed E-state index contributed by atoms with van der Waals surface area (Å²) >= 11 is 0. The lowest BCUT2D eigenvalue weighted by molar-refractivity contribution is -0.0807. The quantitative estimate of drug-likeness (QED) is 0.908. The van der Waals surface area contributed by atoms with Gasteiger partial charge in [0.25, 0.3) is 0 Å². The zero-order chi connectivity index (χ0) is 16.3. The third-order valence-electron chi connectivity index (χ3n) is 4.31. The van der Waals surface area contributed by atoms with Crippen molar-refractivity contribution in [3.05, 3.63) is 29.6 Å². The molecule has 2 aromatic rings. The molecule has 1 saturated heterocycles. The second-order valence-electron chi connectivity index (χ2n) is 5.97. The topological polar surface area (TPSA) is 74.1 Å². The Kier molecular flexibility index (Phi) is 4.58. The van der Waals surface area contributed by atoms with Crippen molar-refractivity contribution in [1.29, 1.82) is 0 Å². The number of aromatic nitrogens is 4. The smallest absolute Gasteiger partial charge is 0.176 e. The average Bonchev–Trinajstić information content (AvgIpc) is 2.93. The fourth-order valence-electron chi connectivity index (χ4n) is 2.84. The van der Waals surface area contributed by atoms with Gasteiger partial charge in [0.1, 0.15) is 5.82 Å². The number of hydrogen-bond acceptors (Lipinski definition) is 6. The lowest BCUT2D eigenvalue weighted by Gasteiger charge is -2.36. The van der Waals surface area contributed by atoms with Crippen LogP contribution in [-0.4, -0.2) is 52.4 Å². The van der Waals surface area contributed by atoms with E-state index in [2.05, 4.69) is 20.6 Å². The number of ether oxygens (including phenoxy) is 2. The zero-order valence-electron chi connectivity index (χ0n) is 13.9. The van der Waals surface area contributed by atoms with Crippen molar-refractivity contribution in [2.75, 3.05) is 32.2 Å². The first kappa shape index (κ1) is 15.9. The van der Waals surface area contributed by atoms with Crippen molar-refractivity contribution < 1.29 is 9.47 Å². The molecule has 0 saturated carbocycles. The number of anilines is 1. The third-order valence-corrected chi connectivity index (χ3v) is 4.31. The number of methoxy groups -OCH3 is 1. The molecule has 7 heteroatoms. The van der Waals surface area contributed by atoms with E-state index in [1.165, 1.54) is 0 Å². The Morgan fingerprint density at radius 3 is 2.61 bits per heavy atom. The first-order valence-corrected chi connectivity index (χ1v) is 7.86. The molecule has 3 rings (SSSR count). The van der Waals surface area contributed by atoms with Crippen LogP contribution in [0.2, 0.25) is 0 Å². The van der Waals surface area contributed by atoms with E-state index in [-0.39, 0.29) is 5.60 Å². The molecule has 1 aliphatic rings. The van der Waals surface area contributed by atoms with Crippen LogP contribution >= 0.6 is 0 Å². The first-order chi connectivity index (χ1) is 11.1. The summed E-state index contributed by atoms with van der Waals surface area (Å²) in [6.45, 7) is 6.13. The maximum absolute atomic E-state index is 5.71. The van der Waals surface area contributed by atoms with Crippen molar-refractivity contribution in [3.8, 4) is 5.82 Å². The maximum Gasteiger partial charge on any atom is 0.176 e. The summed E-state index contributed by atoms with van der Waals surface area (Å²) in [5.74, 6) is 1.45. The molecule has 3 heterocycles. The molecule has 0 aromatic carbocycles. The Labute approximate surface area is 136 Å². The number of nitrogens with one attached hydrogen (secondary N) is 1. The van der Waals surface area contributed by atoms with Crippen LogP contribution in [0, 0.1) is 13.8 Å². The van der Waals surface area contributed by atoms with Gasteiger partial charge in [0, 0.05) is 45.4 Å². The SMILES string of the molecule is COC1(CNc2ccc(-n3nc(C)cc3C)nn2)CCOCC1. The first-order valence-electron chi connectivity index (χ1n) is 7.86. The van der Waals surface area contributed by atoms with Crippen LogP contribution in [0.25, 0.3) is 5.82 Å². The maximum atomic E-state index is 5.71. The highest BCUT2D eigenvalue weighted by molar-refractivity contribution is 5.37. The molecule has 0 unspecified atom stereocenters. The minimum absolute atomic E-state index is 0.186. The summed E-state index contributed by atoms with van der Waals surface area (Å²) in [7, 11) is 1.75. The van der Waals surface area contributed by atoms with Crippen LogP contribution in [0.15, 0.2) is 18.2 Å². The number of nitrogens with zero attached hydrogens (tertiary/aromatic N) is 4. The summed E-state index contributed by atoms with van der Waals surface area (Å²) in [5, 5.41) is 16.2. The van der Waals surface area contributed by atoms with Gasteiger partial charge in [-0.2, -0.15) is 5.10 Å². The molecular formula is C16H23N5O2. The van der Waals surface area contributed by atoms with Gasteiger partial charge in [-0.3, -0.25) is 0 Å². The number of aryl methyl sites for hydroxylation is 2. The van der Waals surface area contributed by atoms with E-state index in [1.807, 2.05) is 32.0 Å². The molecule has 124 valence electrons. The van der Waals surface area contributed by atoms with E-state index < -0.39 is 0 Å². The van der Waals surface area contributed by atoms with Gasteiger partial charge in [-0.25, -0.2) is 4.68 Å². The Hall–Kier alpha value is -1.99. The van der Waals surface area contributed by atoms with Gasteiger partial charge in [0.05, 0.1) is 11.3 Å². The lowest BCUT2D eigenvalue weighted by atomic mass is 9.94. The fourth-order valence-corrected chi connectivity index (χ4v) is 2.84. The van der Waals surface area contributed by atoms with E-state index in [0.717, 1.165) is 43.3 Å². The van der Waals surface area contributed by atoms with Crippen LogP contribution in [0.4, 0.5) is 5.82 Å². The second kappa shape index (κ2) is 6.64. The zero-order valence-corrected chi connectivity index (χ0v) is 13.9. The van der Waals surface area contributed by atoms with Crippen LogP contribution in [0.5, 0.6) is 0 Å². The summed E-state index contributed by atoms with van der Waals surface area (Å²) < 4.78 is 12.9. The molecular weight excluding hydrogens is 294 g/mol. The summed E-state index contributed by atoms with van der Waals surface area (Å²) in [5.41, 5.74) is 1.82. The van der Waals surface area contributed by atoms with E-state index in [9.17, 15) is 0 Å². The Balaban J connectivity index is 1.67. The minimum atomic E-state index is -0.186. The molecule has 1 aliphatic heterocycles. The number of hydrogen-bond donors (Lipinski definition) is 1. The van der Waals surface area contributed by atoms with Crippen molar-refractivity contribution >= 4 is 5.82 Å². The Morgan fingerprint density at radius 2 is 2.04 bits per heavy atom. The van der Waals surface area contributed by atoms with Gasteiger partial charge in [-0.1, -0.05) is 0 Å². The van der Waals surface area contributed by atoms with Gasteiger partial charge in [0.2, 0.25) is 0 Å². The van der Waals surface area contributed by atoms with Gasteiger partial charge >= 0.3 is 0 Å². The predicted octanol–water partition coefficient (Wildman–Crippen LogP) is 1.89.